The van der Waals surface area contributed by atoms with Crippen molar-refractivity contribution in [1.82, 2.24) is 20.9 Å². The minimum atomic E-state index is -1.31. The number of piperidine rings is 1. The van der Waals surface area contributed by atoms with Crippen LogP contribution in [-0.2, 0) is 27.4 Å². The molecule has 4 atom stereocenters. The van der Waals surface area contributed by atoms with Gasteiger partial charge in [0.15, 0.2) is 0 Å². The van der Waals surface area contributed by atoms with Gasteiger partial charge >= 0.3 is 0 Å². The maximum Gasteiger partial charge on any atom is 0.261 e. The molecule has 11 nitrogen and oxygen atoms in total. The maximum atomic E-state index is 13.5. The molecule has 0 bridgehead atoms. The Morgan fingerprint density at radius 1 is 0.887 bits per heavy atom. The van der Waals surface area contributed by atoms with Crippen molar-refractivity contribution >= 4 is 34.4 Å². The van der Waals surface area contributed by atoms with Gasteiger partial charge in [-0.3, -0.25) is 29.4 Å². The highest BCUT2D eigenvalue weighted by molar-refractivity contribution is 6.09. The van der Waals surface area contributed by atoms with E-state index in [9.17, 15) is 24.3 Å². The molecule has 6 N–H and O–H groups in total. The SMILES string of the molecule is CC(C)(C)NC(=O)[C@@H]1CCCCN1CC(O)C(Cc1ccccc1)NC(=O)[C@@H](N)CC(=O)NC(=O)c1cc2ccccc2cc1OCc1ccccc1. The average Bonchev–Trinajstić information content (AvgIpc) is 3.13. The first-order valence-electron chi connectivity index (χ1n) is 18.2. The van der Waals surface area contributed by atoms with E-state index in [1.807, 2.05) is 111 Å². The van der Waals surface area contributed by atoms with Crippen molar-refractivity contribution in [1.29, 1.82) is 0 Å². The van der Waals surface area contributed by atoms with Gasteiger partial charge in [0.25, 0.3) is 5.91 Å². The standard InChI is InChI=1S/C42H51N5O6/c1-42(2,3)46-41(52)35-20-12-13-21-47(35)26-36(48)34(22-28-14-6-4-7-15-28)44-40(51)33(43)25-38(49)45-39(50)32-23-30-18-10-11-19-31(30)24-37(32)53-27-29-16-8-5-9-17-29/h4-11,14-19,23-24,33-36,48H,12-13,20-22,25-27,43H2,1-3H3,(H,44,51)(H,46,52)(H,45,49,50)/t33-,34?,35-,36?/m0/s1. The predicted octanol–water partition coefficient (Wildman–Crippen LogP) is 4.25. The molecule has 4 aromatic rings. The highest BCUT2D eigenvalue weighted by Gasteiger charge is 2.34. The number of aliphatic hydroxyl groups is 1. The molecule has 1 heterocycles. The molecule has 4 amide bonds. The van der Waals surface area contributed by atoms with Crippen molar-refractivity contribution in [3.05, 3.63) is 114 Å². The summed E-state index contributed by atoms with van der Waals surface area (Å²) in [5, 5.41) is 21.5. The first-order chi connectivity index (χ1) is 25.4. The third-order valence-electron chi connectivity index (χ3n) is 9.25. The van der Waals surface area contributed by atoms with E-state index in [1.54, 1.807) is 12.1 Å². The summed E-state index contributed by atoms with van der Waals surface area (Å²) in [6, 6.07) is 27.4. The second-order valence-electron chi connectivity index (χ2n) is 14.8. The molecule has 4 aromatic carbocycles. The zero-order valence-corrected chi connectivity index (χ0v) is 30.7. The van der Waals surface area contributed by atoms with Gasteiger partial charge in [-0.15, -0.1) is 0 Å². The number of ether oxygens (including phenoxy) is 1. The number of rotatable bonds is 14. The number of nitrogens with zero attached hydrogens (tertiary/aromatic N) is 1. The van der Waals surface area contributed by atoms with Crippen molar-refractivity contribution < 1.29 is 29.0 Å². The fourth-order valence-corrected chi connectivity index (χ4v) is 6.56. The van der Waals surface area contributed by atoms with Crippen LogP contribution in [0.2, 0.25) is 0 Å². The van der Waals surface area contributed by atoms with Crippen LogP contribution >= 0.6 is 0 Å². The second kappa shape index (κ2) is 18.1. The van der Waals surface area contributed by atoms with Crippen LogP contribution in [-0.4, -0.2) is 76.5 Å². The van der Waals surface area contributed by atoms with Gasteiger partial charge in [-0.2, -0.15) is 0 Å². The number of aliphatic hydroxyl groups excluding tert-OH is 1. The number of hydrogen-bond donors (Lipinski definition) is 5. The molecule has 1 aliphatic rings. The Balaban J connectivity index is 1.24. The van der Waals surface area contributed by atoms with Gasteiger partial charge < -0.3 is 26.2 Å². The summed E-state index contributed by atoms with van der Waals surface area (Å²) in [6.45, 7) is 6.80. The van der Waals surface area contributed by atoms with Crippen molar-refractivity contribution in [2.75, 3.05) is 13.1 Å². The van der Waals surface area contributed by atoms with E-state index < -0.39 is 53.9 Å². The number of nitrogens with two attached hydrogens (primary N) is 1. The minimum Gasteiger partial charge on any atom is -0.488 e. The Hall–Kier alpha value is -5.10. The minimum absolute atomic E-state index is 0.0887. The van der Waals surface area contributed by atoms with Crippen molar-refractivity contribution in [2.24, 2.45) is 5.73 Å². The lowest BCUT2D eigenvalue weighted by Gasteiger charge is -2.38. The van der Waals surface area contributed by atoms with E-state index >= 15 is 0 Å². The summed E-state index contributed by atoms with van der Waals surface area (Å²) in [6.07, 6.45) is 1.24. The normalized spacial score (nSPS) is 16.6. The van der Waals surface area contributed by atoms with Crippen LogP contribution in [0.1, 0.15) is 67.9 Å². The van der Waals surface area contributed by atoms with Crippen LogP contribution in [0.3, 0.4) is 0 Å². The molecule has 0 aromatic heterocycles. The quantitative estimate of drug-likeness (QED) is 0.129. The number of amides is 4. The number of nitrogens with one attached hydrogen (secondary N) is 3. The molecule has 0 saturated carbocycles. The summed E-state index contributed by atoms with van der Waals surface area (Å²) in [5.41, 5.74) is 7.81. The number of β-amino-alcohol motifs (C(OH)–C–C–N with tert-alkyl or cyclic N) is 1. The molecular formula is C42H51N5O6. The Morgan fingerprint density at radius 2 is 1.51 bits per heavy atom. The fourth-order valence-electron chi connectivity index (χ4n) is 6.56. The molecule has 1 fully saturated rings. The van der Waals surface area contributed by atoms with Gasteiger partial charge in [0, 0.05) is 12.1 Å². The zero-order valence-electron chi connectivity index (χ0n) is 30.7. The van der Waals surface area contributed by atoms with Gasteiger partial charge in [0.2, 0.25) is 17.7 Å². The Bertz CT molecular complexity index is 1860. The highest BCUT2D eigenvalue weighted by atomic mass is 16.5. The predicted molar refractivity (Wildman–Crippen MR) is 205 cm³/mol. The fraction of sp³-hybridized carbons (Fsp3) is 0.381. The summed E-state index contributed by atoms with van der Waals surface area (Å²) in [4.78, 5) is 55.2. The first-order valence-corrected chi connectivity index (χ1v) is 18.2. The maximum absolute atomic E-state index is 13.5. The van der Waals surface area contributed by atoms with Gasteiger partial charge in [-0.25, -0.2) is 0 Å². The van der Waals surface area contributed by atoms with Crippen molar-refractivity contribution in [3.63, 3.8) is 0 Å². The first kappa shape index (κ1) is 39.1. The van der Waals surface area contributed by atoms with Crippen molar-refractivity contribution in [3.8, 4) is 5.75 Å². The third-order valence-corrected chi connectivity index (χ3v) is 9.25. The smallest absolute Gasteiger partial charge is 0.261 e. The van der Waals surface area contributed by atoms with Gasteiger partial charge in [-0.05, 0) is 80.6 Å². The molecule has 0 radical (unpaired) electrons. The van der Waals surface area contributed by atoms with Crippen LogP contribution in [0.5, 0.6) is 5.75 Å². The highest BCUT2D eigenvalue weighted by Crippen LogP contribution is 2.27. The summed E-state index contributed by atoms with van der Waals surface area (Å²) in [5.74, 6) is -1.84. The molecule has 11 heteroatoms. The number of likely N-dealkylation sites (tertiary alicyclic amines) is 1. The van der Waals surface area contributed by atoms with E-state index in [-0.39, 0.29) is 24.6 Å². The van der Waals surface area contributed by atoms with E-state index in [1.165, 1.54) is 0 Å². The van der Waals surface area contributed by atoms with Crippen LogP contribution in [0.25, 0.3) is 10.8 Å². The van der Waals surface area contributed by atoms with Gasteiger partial charge in [0.05, 0.1) is 36.2 Å². The van der Waals surface area contributed by atoms with E-state index in [0.717, 1.165) is 34.7 Å². The summed E-state index contributed by atoms with van der Waals surface area (Å²) >= 11 is 0. The topological polar surface area (TPSA) is 163 Å². The van der Waals surface area contributed by atoms with Crippen molar-refractivity contribution in [2.45, 2.75) is 89.3 Å². The van der Waals surface area contributed by atoms with E-state index in [0.29, 0.717) is 25.1 Å². The Kier molecular flexibility index (Phi) is 13.4. The van der Waals surface area contributed by atoms with Crippen LogP contribution < -0.4 is 26.4 Å². The van der Waals surface area contributed by atoms with Crippen LogP contribution in [0.4, 0.5) is 0 Å². The number of imide groups is 1. The lowest BCUT2D eigenvalue weighted by atomic mass is 9.96. The van der Waals surface area contributed by atoms with E-state index in [2.05, 4.69) is 16.0 Å². The number of carbonyl (C=O) groups excluding carboxylic acids is 4. The largest absolute Gasteiger partial charge is 0.488 e. The number of hydrogen-bond acceptors (Lipinski definition) is 8. The molecule has 0 aliphatic carbocycles. The second-order valence-corrected chi connectivity index (χ2v) is 14.8. The number of carbonyl (C=O) groups is 4. The lowest BCUT2D eigenvalue weighted by Crippen LogP contribution is -2.58. The molecular weight excluding hydrogens is 670 g/mol. The average molecular weight is 722 g/mol. The molecule has 2 unspecified atom stereocenters. The molecule has 5 rings (SSSR count). The molecule has 53 heavy (non-hydrogen) atoms. The van der Waals surface area contributed by atoms with E-state index in [4.69, 9.17) is 10.5 Å². The molecule has 280 valence electrons. The summed E-state index contributed by atoms with van der Waals surface area (Å²) < 4.78 is 6.05. The summed E-state index contributed by atoms with van der Waals surface area (Å²) in [7, 11) is 0. The number of fused-ring (bicyclic) bond motifs is 1. The molecule has 0 spiro atoms. The lowest BCUT2D eigenvalue weighted by molar-refractivity contribution is -0.130. The van der Waals surface area contributed by atoms with Gasteiger partial charge in [0.1, 0.15) is 12.4 Å². The Labute approximate surface area is 311 Å². The monoisotopic (exact) mass is 721 g/mol. The zero-order chi connectivity index (χ0) is 38.0. The number of benzene rings is 4. The van der Waals surface area contributed by atoms with Gasteiger partial charge in [-0.1, -0.05) is 91.3 Å². The third kappa shape index (κ3) is 11.4. The Morgan fingerprint density at radius 3 is 2.17 bits per heavy atom. The molecule has 1 aliphatic heterocycles. The molecule has 1 saturated heterocycles. The van der Waals surface area contributed by atoms with Crippen LogP contribution in [0, 0.1) is 0 Å². The van der Waals surface area contributed by atoms with Crippen LogP contribution in [0.15, 0.2) is 97.1 Å².